The molecule has 0 saturated heterocycles. The zero-order valence-corrected chi connectivity index (χ0v) is 12.2. The maximum absolute atomic E-state index is 5.85. The number of benzene rings is 1. The number of aromatic nitrogens is 2. The van der Waals surface area contributed by atoms with Gasteiger partial charge in [-0.25, -0.2) is 0 Å². The summed E-state index contributed by atoms with van der Waals surface area (Å²) in [6.07, 6.45) is 3.63. The number of para-hydroxylation sites is 1. The lowest BCUT2D eigenvalue weighted by Gasteiger charge is -2.31. The molecule has 1 N–H and O–H groups in total. The molecule has 1 fully saturated rings. The molecule has 2 heterocycles. The van der Waals surface area contributed by atoms with E-state index in [2.05, 4.69) is 51.6 Å². The monoisotopic (exact) mass is 284 g/mol. The van der Waals surface area contributed by atoms with E-state index in [4.69, 9.17) is 4.42 Å². The van der Waals surface area contributed by atoms with Gasteiger partial charge in [0.25, 0.3) is 0 Å². The third kappa shape index (κ3) is 2.65. The van der Waals surface area contributed by atoms with Gasteiger partial charge >= 0.3 is 6.01 Å². The van der Waals surface area contributed by atoms with Crippen molar-refractivity contribution < 1.29 is 4.42 Å². The van der Waals surface area contributed by atoms with E-state index in [1.165, 1.54) is 24.1 Å². The first-order valence-electron chi connectivity index (χ1n) is 7.71. The molecular weight excluding hydrogens is 264 g/mol. The Bertz CT molecular complexity index is 635. The number of hydrogen-bond donors (Lipinski definition) is 1. The van der Waals surface area contributed by atoms with Crippen LogP contribution in [0.2, 0.25) is 0 Å². The van der Waals surface area contributed by atoms with Crippen LogP contribution < -0.4 is 10.2 Å². The number of anilines is 2. The summed E-state index contributed by atoms with van der Waals surface area (Å²) in [6, 6.07) is 9.73. The van der Waals surface area contributed by atoms with E-state index in [0.29, 0.717) is 30.4 Å². The number of fused-ring (bicyclic) bond motifs is 1. The average molecular weight is 284 g/mol. The highest BCUT2D eigenvalue weighted by Gasteiger charge is 2.26. The molecule has 1 atom stereocenters. The molecule has 0 radical (unpaired) electrons. The molecule has 4 rings (SSSR count). The highest BCUT2D eigenvalue weighted by atomic mass is 16.4. The first kappa shape index (κ1) is 12.8. The quantitative estimate of drug-likeness (QED) is 0.935. The maximum Gasteiger partial charge on any atom is 0.322 e. The molecule has 110 valence electrons. The highest BCUT2D eigenvalue weighted by Crippen LogP contribution is 2.34. The van der Waals surface area contributed by atoms with Crippen LogP contribution in [0.1, 0.15) is 31.2 Å². The molecule has 5 nitrogen and oxygen atoms in total. The van der Waals surface area contributed by atoms with Crippen molar-refractivity contribution in [1.29, 1.82) is 0 Å². The van der Waals surface area contributed by atoms with Crippen LogP contribution in [0, 0.1) is 5.92 Å². The van der Waals surface area contributed by atoms with E-state index >= 15 is 0 Å². The molecule has 1 aromatic carbocycles. The van der Waals surface area contributed by atoms with Gasteiger partial charge in [-0.3, -0.25) is 4.90 Å². The lowest BCUT2D eigenvalue weighted by atomic mass is 9.94. The first-order valence-corrected chi connectivity index (χ1v) is 7.71. The number of nitrogens with one attached hydrogen (secondary N) is 1. The van der Waals surface area contributed by atoms with Gasteiger partial charge in [-0.2, -0.15) is 0 Å². The van der Waals surface area contributed by atoms with E-state index in [0.717, 1.165) is 13.0 Å². The second kappa shape index (κ2) is 5.15. The maximum atomic E-state index is 5.85. The number of rotatable bonds is 4. The molecule has 2 aliphatic rings. The van der Waals surface area contributed by atoms with Crippen LogP contribution >= 0.6 is 0 Å². The van der Waals surface area contributed by atoms with Gasteiger partial charge in [-0.05, 0) is 36.8 Å². The van der Waals surface area contributed by atoms with Crippen molar-refractivity contribution >= 4 is 11.7 Å². The van der Waals surface area contributed by atoms with Gasteiger partial charge in [-0.15, -0.1) is 5.10 Å². The van der Waals surface area contributed by atoms with Crippen LogP contribution in [0.3, 0.4) is 0 Å². The number of hydrogen-bond acceptors (Lipinski definition) is 5. The predicted octanol–water partition coefficient (Wildman–Crippen LogP) is 2.65. The van der Waals surface area contributed by atoms with Crippen LogP contribution in [0.25, 0.3) is 0 Å². The van der Waals surface area contributed by atoms with E-state index in [1.54, 1.807) is 0 Å². The van der Waals surface area contributed by atoms with Gasteiger partial charge in [0.2, 0.25) is 5.89 Å². The minimum absolute atomic E-state index is 0.583. The molecule has 0 spiro atoms. The van der Waals surface area contributed by atoms with Crippen molar-refractivity contribution in [3.63, 3.8) is 0 Å². The third-order valence-corrected chi connectivity index (χ3v) is 4.15. The summed E-state index contributed by atoms with van der Waals surface area (Å²) in [6.45, 7) is 3.85. The Balaban J connectivity index is 1.57. The third-order valence-electron chi connectivity index (χ3n) is 4.15. The Morgan fingerprint density at radius 3 is 3.00 bits per heavy atom. The molecule has 1 aliphatic heterocycles. The molecule has 21 heavy (non-hydrogen) atoms. The molecule has 1 unspecified atom stereocenters. The van der Waals surface area contributed by atoms with E-state index < -0.39 is 0 Å². The van der Waals surface area contributed by atoms with Gasteiger partial charge < -0.3 is 9.73 Å². The second-order valence-corrected chi connectivity index (χ2v) is 6.18. The topological polar surface area (TPSA) is 54.2 Å². The fourth-order valence-electron chi connectivity index (χ4n) is 2.92. The van der Waals surface area contributed by atoms with Gasteiger partial charge in [-0.1, -0.05) is 30.2 Å². The second-order valence-electron chi connectivity index (χ2n) is 6.18. The first-order chi connectivity index (χ1) is 10.3. The normalized spacial score (nSPS) is 21.4. The fraction of sp³-hybridized carbons (Fsp3) is 0.500. The van der Waals surface area contributed by atoms with Crippen molar-refractivity contribution in [2.24, 2.45) is 5.92 Å². The van der Waals surface area contributed by atoms with Crippen molar-refractivity contribution in [2.75, 3.05) is 11.4 Å². The largest absolute Gasteiger partial charge is 0.406 e. The van der Waals surface area contributed by atoms with Gasteiger partial charge in [0, 0.05) is 18.3 Å². The summed E-state index contributed by atoms with van der Waals surface area (Å²) >= 11 is 0. The zero-order chi connectivity index (χ0) is 14.2. The minimum atomic E-state index is 0.583. The summed E-state index contributed by atoms with van der Waals surface area (Å²) in [4.78, 5) is 2.15. The van der Waals surface area contributed by atoms with Gasteiger partial charge in [0.15, 0.2) is 0 Å². The van der Waals surface area contributed by atoms with E-state index in [9.17, 15) is 0 Å². The van der Waals surface area contributed by atoms with Crippen molar-refractivity contribution in [3.8, 4) is 0 Å². The molecule has 0 bridgehead atoms. The molecule has 0 amide bonds. The average Bonchev–Trinajstić information content (AvgIpc) is 3.21. The van der Waals surface area contributed by atoms with Gasteiger partial charge in [0.05, 0.1) is 6.54 Å². The Morgan fingerprint density at radius 1 is 1.29 bits per heavy atom. The summed E-state index contributed by atoms with van der Waals surface area (Å²) < 4.78 is 5.85. The number of nitrogens with zero attached hydrogens (tertiary/aromatic N) is 3. The van der Waals surface area contributed by atoms with Gasteiger partial charge in [0.1, 0.15) is 0 Å². The summed E-state index contributed by atoms with van der Waals surface area (Å²) in [7, 11) is 0. The zero-order valence-electron chi connectivity index (χ0n) is 12.2. The molecule has 1 saturated carbocycles. The summed E-state index contributed by atoms with van der Waals surface area (Å²) in [5, 5.41) is 11.8. The van der Waals surface area contributed by atoms with E-state index in [1.807, 2.05) is 0 Å². The van der Waals surface area contributed by atoms with Crippen LogP contribution in [0.5, 0.6) is 0 Å². The molecule has 5 heteroatoms. The minimum Gasteiger partial charge on any atom is -0.406 e. The Labute approximate surface area is 124 Å². The van der Waals surface area contributed by atoms with Crippen molar-refractivity contribution in [3.05, 3.63) is 35.7 Å². The molecule has 1 aliphatic carbocycles. The Kier molecular flexibility index (Phi) is 3.15. The smallest absolute Gasteiger partial charge is 0.322 e. The lowest BCUT2D eigenvalue weighted by molar-refractivity contribution is 0.454. The predicted molar refractivity (Wildman–Crippen MR) is 80.5 cm³/mol. The molecular formula is C16H20N4O. The SMILES string of the molecule is CC1Cc2ccccc2N(c2nnc(CNC3CC3)o2)C1. The molecule has 1 aromatic heterocycles. The van der Waals surface area contributed by atoms with Crippen LogP contribution in [0.4, 0.5) is 11.7 Å². The summed E-state index contributed by atoms with van der Waals surface area (Å²) in [5.74, 6) is 1.26. The van der Waals surface area contributed by atoms with Crippen LogP contribution in [-0.4, -0.2) is 22.8 Å². The molecule has 2 aromatic rings. The Hall–Kier alpha value is -1.88. The fourth-order valence-corrected chi connectivity index (χ4v) is 2.92. The van der Waals surface area contributed by atoms with Crippen molar-refractivity contribution in [2.45, 2.75) is 38.8 Å². The highest BCUT2D eigenvalue weighted by molar-refractivity contribution is 5.62. The van der Waals surface area contributed by atoms with Crippen LogP contribution in [-0.2, 0) is 13.0 Å². The Morgan fingerprint density at radius 2 is 2.14 bits per heavy atom. The van der Waals surface area contributed by atoms with Crippen molar-refractivity contribution in [1.82, 2.24) is 15.5 Å². The summed E-state index contributed by atoms with van der Waals surface area (Å²) in [5.41, 5.74) is 2.55. The van der Waals surface area contributed by atoms with E-state index in [-0.39, 0.29) is 0 Å². The lowest BCUT2D eigenvalue weighted by Crippen LogP contribution is -2.30. The standard InChI is InChI=1S/C16H20N4O/c1-11-8-12-4-2-3-5-14(12)20(10-11)16-19-18-15(21-16)9-17-13-6-7-13/h2-5,11,13,17H,6-10H2,1H3. The van der Waals surface area contributed by atoms with Crippen LogP contribution in [0.15, 0.2) is 28.7 Å².